The van der Waals surface area contributed by atoms with Crippen molar-refractivity contribution in [3.8, 4) is 0 Å². The van der Waals surface area contributed by atoms with Crippen LogP contribution in [0.3, 0.4) is 0 Å². The zero-order chi connectivity index (χ0) is 15.6. The van der Waals surface area contributed by atoms with Gasteiger partial charge in [0.2, 0.25) is 0 Å². The number of carboxylic acid groups (broad SMARTS) is 1. The molecule has 0 saturated carbocycles. The second kappa shape index (κ2) is 5.96. The number of benzene rings is 1. The normalized spacial score (nSPS) is 16.5. The maximum absolute atomic E-state index is 11.4. The van der Waals surface area contributed by atoms with Gasteiger partial charge in [-0.05, 0) is 29.9 Å². The van der Waals surface area contributed by atoms with Gasteiger partial charge < -0.3 is 10.2 Å². The highest BCUT2D eigenvalue weighted by Crippen LogP contribution is 2.34. The van der Waals surface area contributed by atoms with E-state index in [1.807, 2.05) is 31.2 Å². The smallest absolute Gasteiger partial charge is 0.309 e. The number of carbonyl (C=O) groups is 1. The van der Waals surface area contributed by atoms with Crippen molar-refractivity contribution in [2.45, 2.75) is 58.5 Å². The van der Waals surface area contributed by atoms with Crippen LogP contribution >= 0.6 is 0 Å². The molecule has 0 spiro atoms. The molecule has 0 aromatic heterocycles. The Bertz CT molecular complexity index is 452. The minimum atomic E-state index is -1.35. The number of hydrogen-bond donors (Lipinski definition) is 2. The zero-order valence-electron chi connectivity index (χ0n) is 13.1. The van der Waals surface area contributed by atoms with E-state index in [4.69, 9.17) is 0 Å². The van der Waals surface area contributed by atoms with Gasteiger partial charge in [0.15, 0.2) is 0 Å². The third-order valence-electron chi connectivity index (χ3n) is 3.89. The molecule has 2 atom stereocenters. The number of aliphatic hydroxyl groups is 1. The Morgan fingerprint density at radius 1 is 1.10 bits per heavy atom. The van der Waals surface area contributed by atoms with Gasteiger partial charge in [-0.15, -0.1) is 0 Å². The molecular weight excluding hydrogens is 252 g/mol. The maximum atomic E-state index is 11.4. The van der Waals surface area contributed by atoms with Gasteiger partial charge in [-0.25, -0.2) is 0 Å². The summed E-state index contributed by atoms with van der Waals surface area (Å²) in [4.78, 5) is 11.4. The Hall–Kier alpha value is -1.35. The summed E-state index contributed by atoms with van der Waals surface area (Å²) < 4.78 is 0. The maximum Gasteiger partial charge on any atom is 0.309 e. The number of carboxylic acids is 1. The summed E-state index contributed by atoms with van der Waals surface area (Å²) in [7, 11) is 0. The fourth-order valence-electron chi connectivity index (χ4n) is 2.44. The molecule has 20 heavy (non-hydrogen) atoms. The Labute approximate surface area is 121 Å². The fraction of sp³-hybridized carbons (Fsp3) is 0.588. The van der Waals surface area contributed by atoms with E-state index in [0.717, 1.165) is 6.42 Å². The molecule has 0 aliphatic carbocycles. The van der Waals surface area contributed by atoms with E-state index in [1.54, 1.807) is 6.92 Å². The topological polar surface area (TPSA) is 57.5 Å². The molecule has 3 heteroatoms. The van der Waals surface area contributed by atoms with Gasteiger partial charge in [0.05, 0.1) is 5.92 Å². The predicted octanol–water partition coefficient (Wildman–Crippen LogP) is 3.69. The lowest BCUT2D eigenvalue weighted by atomic mass is 9.79. The average Bonchev–Trinajstić information content (AvgIpc) is 2.34. The van der Waals surface area contributed by atoms with Gasteiger partial charge >= 0.3 is 5.97 Å². The van der Waals surface area contributed by atoms with Crippen molar-refractivity contribution in [3.63, 3.8) is 0 Å². The standard InChI is InChI=1S/C17H26O3/c1-6-7-14(15(18)19)17(5,20)13-10-8-12(9-11-13)16(2,3)4/h8-11,14,20H,6-7H2,1-5H3,(H,18,19). The quantitative estimate of drug-likeness (QED) is 0.863. The largest absolute Gasteiger partial charge is 0.481 e. The zero-order valence-corrected chi connectivity index (χ0v) is 13.1. The molecule has 2 N–H and O–H groups in total. The van der Waals surface area contributed by atoms with Crippen LogP contribution in [0.15, 0.2) is 24.3 Å². The summed E-state index contributed by atoms with van der Waals surface area (Å²) in [6.45, 7) is 9.88. The first-order valence-corrected chi connectivity index (χ1v) is 7.17. The van der Waals surface area contributed by atoms with Crippen LogP contribution in [-0.2, 0) is 15.8 Å². The van der Waals surface area contributed by atoms with Gasteiger partial charge in [-0.1, -0.05) is 58.4 Å². The van der Waals surface area contributed by atoms with E-state index in [2.05, 4.69) is 20.8 Å². The molecule has 0 aliphatic rings. The highest BCUT2D eigenvalue weighted by Gasteiger charge is 2.38. The van der Waals surface area contributed by atoms with E-state index < -0.39 is 17.5 Å². The van der Waals surface area contributed by atoms with Crippen molar-refractivity contribution in [3.05, 3.63) is 35.4 Å². The van der Waals surface area contributed by atoms with Gasteiger partial charge in [-0.3, -0.25) is 4.79 Å². The summed E-state index contributed by atoms with van der Waals surface area (Å²) in [6.07, 6.45) is 1.19. The lowest BCUT2D eigenvalue weighted by Crippen LogP contribution is -2.37. The van der Waals surface area contributed by atoms with E-state index in [-0.39, 0.29) is 5.41 Å². The SMILES string of the molecule is CCCC(C(=O)O)C(C)(O)c1ccc(C(C)(C)C)cc1. The molecule has 1 aromatic rings. The van der Waals surface area contributed by atoms with Crippen LogP contribution in [-0.4, -0.2) is 16.2 Å². The van der Waals surface area contributed by atoms with Crippen molar-refractivity contribution in [1.82, 2.24) is 0 Å². The Morgan fingerprint density at radius 3 is 1.90 bits per heavy atom. The van der Waals surface area contributed by atoms with Crippen LogP contribution in [0.5, 0.6) is 0 Å². The highest BCUT2D eigenvalue weighted by atomic mass is 16.4. The van der Waals surface area contributed by atoms with Gasteiger partial charge in [-0.2, -0.15) is 0 Å². The molecule has 0 saturated heterocycles. The number of rotatable bonds is 5. The molecule has 0 amide bonds. The van der Waals surface area contributed by atoms with Crippen LogP contribution in [0.4, 0.5) is 0 Å². The summed E-state index contributed by atoms with van der Waals surface area (Å²) in [5.41, 5.74) is 0.518. The predicted molar refractivity (Wildman–Crippen MR) is 80.7 cm³/mol. The second-order valence-electron chi connectivity index (χ2n) is 6.65. The third kappa shape index (κ3) is 3.60. The summed E-state index contributed by atoms with van der Waals surface area (Å²) >= 11 is 0. The van der Waals surface area contributed by atoms with Gasteiger partial charge in [0.25, 0.3) is 0 Å². The Balaban J connectivity index is 3.11. The minimum absolute atomic E-state index is 0.0417. The second-order valence-corrected chi connectivity index (χ2v) is 6.65. The summed E-state index contributed by atoms with van der Waals surface area (Å²) in [5.74, 6) is -1.73. The average molecular weight is 278 g/mol. The first-order chi connectivity index (χ1) is 9.10. The molecule has 0 fully saturated rings. The fourth-order valence-corrected chi connectivity index (χ4v) is 2.44. The molecule has 3 nitrogen and oxygen atoms in total. The summed E-state index contributed by atoms with van der Waals surface area (Å²) in [6, 6.07) is 7.61. The molecule has 1 rings (SSSR count). The Morgan fingerprint density at radius 2 is 1.55 bits per heavy atom. The minimum Gasteiger partial charge on any atom is -0.481 e. The van der Waals surface area contributed by atoms with Crippen LogP contribution in [0.25, 0.3) is 0 Å². The number of aliphatic carboxylic acids is 1. The van der Waals surface area contributed by atoms with E-state index in [9.17, 15) is 15.0 Å². The molecule has 2 unspecified atom stereocenters. The number of hydrogen-bond acceptors (Lipinski definition) is 2. The lowest BCUT2D eigenvalue weighted by molar-refractivity contribution is -0.152. The molecule has 0 bridgehead atoms. The molecule has 0 radical (unpaired) electrons. The van der Waals surface area contributed by atoms with Gasteiger partial charge in [0, 0.05) is 0 Å². The summed E-state index contributed by atoms with van der Waals surface area (Å²) in [5, 5.41) is 20.0. The first kappa shape index (κ1) is 16.7. The third-order valence-corrected chi connectivity index (χ3v) is 3.89. The molecular formula is C17H26O3. The van der Waals surface area contributed by atoms with Crippen molar-refractivity contribution < 1.29 is 15.0 Å². The molecule has 112 valence electrons. The van der Waals surface area contributed by atoms with Crippen LogP contribution in [0.2, 0.25) is 0 Å². The van der Waals surface area contributed by atoms with Crippen LogP contribution in [0, 0.1) is 5.92 Å². The lowest BCUT2D eigenvalue weighted by Gasteiger charge is -2.31. The Kier molecular flexibility index (Phi) is 4.98. The molecule has 0 aliphatic heterocycles. The van der Waals surface area contributed by atoms with E-state index in [0.29, 0.717) is 12.0 Å². The molecule has 0 heterocycles. The van der Waals surface area contributed by atoms with Crippen LogP contribution in [0.1, 0.15) is 58.6 Å². The van der Waals surface area contributed by atoms with Crippen molar-refractivity contribution in [2.24, 2.45) is 5.92 Å². The monoisotopic (exact) mass is 278 g/mol. The highest BCUT2D eigenvalue weighted by molar-refractivity contribution is 5.72. The first-order valence-electron chi connectivity index (χ1n) is 7.17. The van der Waals surface area contributed by atoms with Crippen molar-refractivity contribution in [2.75, 3.05) is 0 Å². The molecule has 1 aromatic carbocycles. The van der Waals surface area contributed by atoms with Crippen molar-refractivity contribution >= 4 is 5.97 Å². The van der Waals surface area contributed by atoms with Crippen LogP contribution < -0.4 is 0 Å². The van der Waals surface area contributed by atoms with E-state index >= 15 is 0 Å². The van der Waals surface area contributed by atoms with Crippen molar-refractivity contribution in [1.29, 1.82) is 0 Å². The van der Waals surface area contributed by atoms with E-state index in [1.165, 1.54) is 5.56 Å². The van der Waals surface area contributed by atoms with Gasteiger partial charge in [0.1, 0.15) is 5.60 Å².